The SMILES string of the molecule is CCCOCCOCCOC1OC(COC(C)=O)C(OC(C)=O)C(OC(C)=O)C1C. The minimum Gasteiger partial charge on any atom is -0.463 e. The van der Waals surface area contributed by atoms with Crippen LogP contribution in [-0.4, -0.2) is 82.2 Å². The summed E-state index contributed by atoms with van der Waals surface area (Å²) in [6.45, 7) is 9.57. The van der Waals surface area contributed by atoms with Crippen LogP contribution in [-0.2, 0) is 47.5 Å². The maximum Gasteiger partial charge on any atom is 0.303 e. The Balaban J connectivity index is 2.71. The average molecular weight is 434 g/mol. The molecule has 0 bridgehead atoms. The van der Waals surface area contributed by atoms with Gasteiger partial charge in [-0.15, -0.1) is 0 Å². The maximum absolute atomic E-state index is 11.6. The zero-order valence-corrected chi connectivity index (χ0v) is 18.4. The molecule has 1 rings (SSSR count). The Labute approximate surface area is 177 Å². The second-order valence-corrected chi connectivity index (χ2v) is 6.95. The van der Waals surface area contributed by atoms with E-state index in [9.17, 15) is 14.4 Å². The lowest BCUT2D eigenvalue weighted by molar-refractivity contribution is -0.290. The van der Waals surface area contributed by atoms with E-state index in [0.717, 1.165) is 6.42 Å². The van der Waals surface area contributed by atoms with E-state index >= 15 is 0 Å². The Morgan fingerprint density at radius 2 is 1.37 bits per heavy atom. The van der Waals surface area contributed by atoms with Crippen LogP contribution in [0.3, 0.4) is 0 Å². The first kappa shape index (κ1) is 26.3. The molecule has 10 nitrogen and oxygen atoms in total. The van der Waals surface area contributed by atoms with Crippen LogP contribution < -0.4 is 0 Å². The van der Waals surface area contributed by atoms with E-state index in [1.165, 1.54) is 20.8 Å². The van der Waals surface area contributed by atoms with Crippen molar-refractivity contribution in [2.45, 2.75) is 65.6 Å². The molecule has 5 unspecified atom stereocenters. The Hall–Kier alpha value is -1.75. The van der Waals surface area contributed by atoms with Crippen molar-refractivity contribution in [1.82, 2.24) is 0 Å². The molecule has 0 aromatic rings. The van der Waals surface area contributed by atoms with E-state index in [1.807, 2.05) is 6.92 Å². The minimum absolute atomic E-state index is 0.178. The van der Waals surface area contributed by atoms with Crippen LogP contribution in [0.1, 0.15) is 41.0 Å². The third-order valence-corrected chi connectivity index (χ3v) is 4.23. The molecule has 0 amide bonds. The largest absolute Gasteiger partial charge is 0.463 e. The van der Waals surface area contributed by atoms with Gasteiger partial charge in [0.05, 0.1) is 26.4 Å². The fourth-order valence-corrected chi connectivity index (χ4v) is 2.95. The molecule has 30 heavy (non-hydrogen) atoms. The molecular formula is C20H34O10. The fraction of sp³-hybridized carbons (Fsp3) is 0.850. The van der Waals surface area contributed by atoms with E-state index in [-0.39, 0.29) is 13.2 Å². The Morgan fingerprint density at radius 1 is 0.800 bits per heavy atom. The van der Waals surface area contributed by atoms with Gasteiger partial charge >= 0.3 is 17.9 Å². The van der Waals surface area contributed by atoms with Gasteiger partial charge in [0.1, 0.15) is 18.8 Å². The minimum atomic E-state index is -0.937. The number of carbonyl (C=O) groups excluding carboxylic acids is 3. The lowest BCUT2D eigenvalue weighted by Gasteiger charge is -2.43. The molecule has 0 aromatic heterocycles. The van der Waals surface area contributed by atoms with E-state index < -0.39 is 48.4 Å². The summed E-state index contributed by atoms with van der Waals surface area (Å²) in [6, 6.07) is 0. The van der Waals surface area contributed by atoms with Gasteiger partial charge in [0.2, 0.25) is 0 Å². The molecule has 0 spiro atoms. The standard InChI is InChI=1S/C20H34O10/c1-6-7-24-8-9-25-10-11-26-20-13(2)18(28-15(4)22)19(29-16(5)23)17(30-20)12-27-14(3)21/h13,17-20H,6-12H2,1-5H3. The molecular weight excluding hydrogens is 400 g/mol. The van der Waals surface area contributed by atoms with Crippen molar-refractivity contribution < 1.29 is 47.5 Å². The van der Waals surface area contributed by atoms with Crippen LogP contribution in [0.4, 0.5) is 0 Å². The number of hydrogen-bond acceptors (Lipinski definition) is 10. The van der Waals surface area contributed by atoms with Gasteiger partial charge in [0.15, 0.2) is 12.4 Å². The normalized spacial score (nSPS) is 26.1. The summed E-state index contributed by atoms with van der Waals surface area (Å²) in [5, 5.41) is 0. The van der Waals surface area contributed by atoms with Crippen LogP contribution in [0.25, 0.3) is 0 Å². The fourth-order valence-electron chi connectivity index (χ4n) is 2.95. The van der Waals surface area contributed by atoms with Crippen molar-refractivity contribution in [3.63, 3.8) is 0 Å². The first-order chi connectivity index (χ1) is 14.3. The van der Waals surface area contributed by atoms with Crippen molar-refractivity contribution in [3.05, 3.63) is 0 Å². The zero-order chi connectivity index (χ0) is 22.5. The average Bonchev–Trinajstić information content (AvgIpc) is 2.66. The van der Waals surface area contributed by atoms with Gasteiger partial charge < -0.3 is 33.2 Å². The maximum atomic E-state index is 11.6. The summed E-state index contributed by atoms with van der Waals surface area (Å²) in [5.41, 5.74) is 0. The van der Waals surface area contributed by atoms with Crippen molar-refractivity contribution in [2.24, 2.45) is 5.92 Å². The molecule has 0 N–H and O–H groups in total. The lowest BCUT2D eigenvalue weighted by Crippen LogP contribution is -2.58. The van der Waals surface area contributed by atoms with Crippen molar-refractivity contribution in [2.75, 3.05) is 39.6 Å². The number of ether oxygens (including phenoxy) is 7. The molecule has 1 aliphatic rings. The van der Waals surface area contributed by atoms with Crippen LogP contribution in [0.2, 0.25) is 0 Å². The van der Waals surface area contributed by atoms with E-state index in [2.05, 4.69) is 0 Å². The lowest BCUT2D eigenvalue weighted by atomic mass is 9.92. The van der Waals surface area contributed by atoms with E-state index in [4.69, 9.17) is 33.2 Å². The summed E-state index contributed by atoms with van der Waals surface area (Å²) in [5.74, 6) is -2.07. The Bertz CT molecular complexity index is 538. The summed E-state index contributed by atoms with van der Waals surface area (Å²) in [4.78, 5) is 34.4. The third-order valence-electron chi connectivity index (χ3n) is 4.23. The molecule has 0 saturated carbocycles. The molecule has 1 aliphatic heterocycles. The molecule has 5 atom stereocenters. The zero-order valence-electron chi connectivity index (χ0n) is 18.4. The quantitative estimate of drug-likeness (QED) is 0.238. The van der Waals surface area contributed by atoms with Crippen LogP contribution in [0.15, 0.2) is 0 Å². The molecule has 0 radical (unpaired) electrons. The van der Waals surface area contributed by atoms with Gasteiger partial charge in [-0.3, -0.25) is 14.4 Å². The molecule has 174 valence electrons. The first-order valence-electron chi connectivity index (χ1n) is 10.2. The van der Waals surface area contributed by atoms with Gasteiger partial charge in [0.25, 0.3) is 0 Å². The highest BCUT2D eigenvalue weighted by Gasteiger charge is 2.48. The summed E-state index contributed by atoms with van der Waals surface area (Å²) < 4.78 is 38.2. The second kappa shape index (κ2) is 14.3. The van der Waals surface area contributed by atoms with Gasteiger partial charge in [-0.1, -0.05) is 13.8 Å². The molecule has 10 heteroatoms. The highest BCUT2D eigenvalue weighted by atomic mass is 16.7. The highest BCUT2D eigenvalue weighted by molar-refractivity contribution is 5.67. The third kappa shape index (κ3) is 9.84. The van der Waals surface area contributed by atoms with Crippen molar-refractivity contribution in [3.8, 4) is 0 Å². The predicted octanol–water partition coefficient (Wildman–Crippen LogP) is 1.23. The smallest absolute Gasteiger partial charge is 0.303 e. The Morgan fingerprint density at radius 3 is 1.93 bits per heavy atom. The Kier molecular flexibility index (Phi) is 12.5. The van der Waals surface area contributed by atoms with E-state index in [0.29, 0.717) is 26.4 Å². The molecule has 0 aromatic carbocycles. The topological polar surface area (TPSA) is 116 Å². The number of carbonyl (C=O) groups is 3. The molecule has 0 aliphatic carbocycles. The van der Waals surface area contributed by atoms with Crippen molar-refractivity contribution >= 4 is 17.9 Å². The second-order valence-electron chi connectivity index (χ2n) is 6.95. The van der Waals surface area contributed by atoms with Crippen LogP contribution >= 0.6 is 0 Å². The molecule has 1 saturated heterocycles. The predicted molar refractivity (Wildman–Crippen MR) is 103 cm³/mol. The first-order valence-corrected chi connectivity index (χ1v) is 10.2. The van der Waals surface area contributed by atoms with Gasteiger partial charge in [-0.05, 0) is 6.42 Å². The van der Waals surface area contributed by atoms with E-state index in [1.54, 1.807) is 6.92 Å². The summed E-state index contributed by atoms with van der Waals surface area (Å²) in [6.07, 6.45) is -2.44. The van der Waals surface area contributed by atoms with Crippen LogP contribution in [0.5, 0.6) is 0 Å². The molecule has 1 heterocycles. The monoisotopic (exact) mass is 434 g/mol. The van der Waals surface area contributed by atoms with Gasteiger partial charge in [-0.2, -0.15) is 0 Å². The number of esters is 3. The summed E-state index contributed by atoms with van der Waals surface area (Å²) in [7, 11) is 0. The molecule has 1 fully saturated rings. The number of rotatable bonds is 13. The van der Waals surface area contributed by atoms with Crippen molar-refractivity contribution in [1.29, 1.82) is 0 Å². The van der Waals surface area contributed by atoms with Crippen LogP contribution in [0, 0.1) is 5.92 Å². The summed E-state index contributed by atoms with van der Waals surface area (Å²) >= 11 is 0. The highest BCUT2D eigenvalue weighted by Crippen LogP contribution is 2.31. The van der Waals surface area contributed by atoms with Gasteiger partial charge in [0, 0.05) is 33.3 Å². The van der Waals surface area contributed by atoms with Gasteiger partial charge in [-0.25, -0.2) is 0 Å². The number of hydrogen-bond donors (Lipinski definition) is 0.